The number of nitrogens with one attached hydrogen (secondary N) is 1. The lowest BCUT2D eigenvalue weighted by Crippen LogP contribution is -2.44. The van der Waals surface area contributed by atoms with E-state index in [0.717, 1.165) is 0 Å². The zero-order valence-corrected chi connectivity index (χ0v) is 20.0. The molecule has 0 aliphatic carbocycles. The lowest BCUT2D eigenvalue weighted by Gasteiger charge is -2.37. The van der Waals surface area contributed by atoms with E-state index in [-0.39, 0.29) is 18.9 Å². The predicted molar refractivity (Wildman–Crippen MR) is 114 cm³/mol. The van der Waals surface area contributed by atoms with Gasteiger partial charge in [0.1, 0.15) is 18.4 Å². The van der Waals surface area contributed by atoms with Crippen molar-refractivity contribution in [3.05, 3.63) is 0 Å². The standard InChI is InChI=1S/C18H30BF4NO4SSi/c1-17(2,3)30(5,6)27-10-12-14(26-11-29-4)13(20)15(28-12)19-8-7-9-24-16(25)18(21,22)23/h12-15,19H,9-11H2,1-6H3,(H,24,25)/t12-,13?,14?,15-/m1/s1. The molecule has 0 aromatic heterocycles. The maximum Gasteiger partial charge on any atom is 0.471 e. The van der Waals surface area contributed by atoms with E-state index < -0.39 is 51.3 Å². The van der Waals surface area contributed by atoms with Gasteiger partial charge in [0.05, 0.1) is 25.1 Å². The highest BCUT2D eigenvalue weighted by atomic mass is 32.2. The van der Waals surface area contributed by atoms with E-state index in [2.05, 4.69) is 45.6 Å². The largest absolute Gasteiger partial charge is 0.471 e. The monoisotopic (exact) mass is 471 g/mol. The van der Waals surface area contributed by atoms with E-state index in [1.165, 1.54) is 11.8 Å². The van der Waals surface area contributed by atoms with Gasteiger partial charge >= 0.3 is 12.1 Å². The molecule has 0 aromatic carbocycles. The van der Waals surface area contributed by atoms with Gasteiger partial charge in [0.2, 0.25) is 7.28 Å². The fourth-order valence-electron chi connectivity index (χ4n) is 2.40. The van der Waals surface area contributed by atoms with Gasteiger partial charge < -0.3 is 19.2 Å². The number of alkyl halides is 4. The van der Waals surface area contributed by atoms with Crippen LogP contribution in [0.1, 0.15) is 20.8 Å². The molecular formula is C18H30BF4NO4SSi. The van der Waals surface area contributed by atoms with Crippen molar-refractivity contribution in [1.29, 1.82) is 0 Å². The molecule has 4 atom stereocenters. The minimum atomic E-state index is -4.96. The van der Waals surface area contributed by atoms with Gasteiger partial charge in [0.25, 0.3) is 0 Å². The summed E-state index contributed by atoms with van der Waals surface area (Å²) in [5, 5.41) is 1.63. The Hall–Kier alpha value is -0.738. The first kappa shape index (κ1) is 27.3. The Morgan fingerprint density at radius 3 is 2.47 bits per heavy atom. The summed E-state index contributed by atoms with van der Waals surface area (Å²) in [5.74, 6) is 3.19. The third-order valence-corrected chi connectivity index (χ3v) is 10.1. The summed E-state index contributed by atoms with van der Waals surface area (Å²) in [6.07, 6.45) is -5.97. The van der Waals surface area contributed by atoms with Crippen molar-refractivity contribution < 1.29 is 36.3 Å². The highest BCUT2D eigenvalue weighted by Gasteiger charge is 2.47. The molecule has 0 bridgehead atoms. The summed E-state index contributed by atoms with van der Waals surface area (Å²) < 4.78 is 68.8. The van der Waals surface area contributed by atoms with Crippen LogP contribution in [0.3, 0.4) is 0 Å². The number of thioether (sulfide) groups is 1. The van der Waals surface area contributed by atoms with Crippen molar-refractivity contribution in [3.63, 3.8) is 0 Å². The van der Waals surface area contributed by atoms with E-state index in [1.54, 1.807) is 5.32 Å². The van der Waals surface area contributed by atoms with Gasteiger partial charge in [-0.3, -0.25) is 4.79 Å². The Labute approximate surface area is 181 Å². The number of carbonyl (C=O) groups is 1. The maximum atomic E-state index is 14.9. The number of hydrogen-bond donors (Lipinski definition) is 1. The molecule has 0 radical (unpaired) electrons. The minimum Gasteiger partial charge on any atom is -0.414 e. The molecular weight excluding hydrogens is 441 g/mol. The summed E-state index contributed by atoms with van der Waals surface area (Å²) in [6.45, 7) is 10.2. The molecule has 0 aromatic rings. The molecule has 0 saturated carbocycles. The second kappa shape index (κ2) is 11.2. The van der Waals surface area contributed by atoms with Gasteiger partial charge in [-0.1, -0.05) is 26.7 Å². The van der Waals surface area contributed by atoms with Crippen molar-refractivity contribution in [1.82, 2.24) is 5.32 Å². The van der Waals surface area contributed by atoms with E-state index in [1.807, 2.05) is 6.26 Å². The first-order valence-electron chi connectivity index (χ1n) is 9.55. The van der Waals surface area contributed by atoms with Crippen molar-refractivity contribution in [3.8, 4) is 11.7 Å². The number of carbonyl (C=O) groups excluding carboxylic acids is 1. The van der Waals surface area contributed by atoms with Crippen LogP contribution in [-0.4, -0.2) is 77.4 Å². The van der Waals surface area contributed by atoms with Crippen LogP contribution in [0, 0.1) is 11.7 Å². The number of amides is 1. The quantitative estimate of drug-likeness (QED) is 0.256. The molecule has 0 spiro atoms. The molecule has 1 N–H and O–H groups in total. The van der Waals surface area contributed by atoms with Crippen LogP contribution >= 0.6 is 11.8 Å². The molecule has 30 heavy (non-hydrogen) atoms. The predicted octanol–water partition coefficient (Wildman–Crippen LogP) is 2.85. The lowest BCUT2D eigenvalue weighted by atomic mass is 9.70. The zero-order valence-electron chi connectivity index (χ0n) is 18.2. The second-order valence-electron chi connectivity index (χ2n) is 8.50. The van der Waals surface area contributed by atoms with Gasteiger partial charge in [0, 0.05) is 0 Å². The highest BCUT2D eigenvalue weighted by Crippen LogP contribution is 2.37. The van der Waals surface area contributed by atoms with Gasteiger partial charge in [-0.05, 0) is 24.4 Å². The third kappa shape index (κ3) is 8.07. The van der Waals surface area contributed by atoms with Crippen LogP contribution in [0.5, 0.6) is 0 Å². The molecule has 1 saturated heterocycles. The highest BCUT2D eigenvalue weighted by molar-refractivity contribution is 7.98. The Morgan fingerprint density at radius 2 is 1.93 bits per heavy atom. The van der Waals surface area contributed by atoms with Crippen molar-refractivity contribution in [2.75, 3.05) is 25.3 Å². The van der Waals surface area contributed by atoms with Crippen LogP contribution in [-0.2, 0) is 18.7 Å². The first-order valence-corrected chi connectivity index (χ1v) is 13.9. The average molecular weight is 471 g/mol. The lowest BCUT2D eigenvalue weighted by molar-refractivity contribution is -0.173. The van der Waals surface area contributed by atoms with Crippen molar-refractivity contribution in [2.24, 2.45) is 0 Å². The maximum absolute atomic E-state index is 14.9. The van der Waals surface area contributed by atoms with Crippen molar-refractivity contribution in [2.45, 2.75) is 69.5 Å². The minimum absolute atomic E-state index is 0.0118. The van der Waals surface area contributed by atoms with Crippen LogP contribution in [0.4, 0.5) is 17.6 Å². The SMILES string of the molecule is CSCOC1C(F)[C@H](BC#CCNC(=O)C(F)(F)F)O[C@@H]1CO[Si](C)(C)C(C)(C)C. The Bertz CT molecular complexity index is 636. The molecule has 1 heterocycles. The van der Waals surface area contributed by atoms with Gasteiger partial charge in [-0.15, -0.1) is 11.8 Å². The Kier molecular flexibility index (Phi) is 10.2. The summed E-state index contributed by atoms with van der Waals surface area (Å²) >= 11 is 1.41. The fraction of sp³-hybridized carbons (Fsp3) is 0.833. The topological polar surface area (TPSA) is 56.8 Å². The molecule has 1 rings (SSSR count). The zero-order chi connectivity index (χ0) is 23.2. The average Bonchev–Trinajstić information content (AvgIpc) is 2.91. The third-order valence-electron chi connectivity index (χ3n) is 5.20. The summed E-state index contributed by atoms with van der Waals surface area (Å²) in [5.41, 5.74) is 0. The second-order valence-corrected chi connectivity index (χ2v) is 14.1. The van der Waals surface area contributed by atoms with Crippen LogP contribution < -0.4 is 5.32 Å². The first-order chi connectivity index (χ1) is 13.7. The van der Waals surface area contributed by atoms with Crippen molar-refractivity contribution >= 4 is 33.3 Å². The van der Waals surface area contributed by atoms with Gasteiger partial charge in [-0.2, -0.15) is 19.0 Å². The summed E-state index contributed by atoms with van der Waals surface area (Å²) in [4.78, 5) is 10.7. The fourth-order valence-corrected chi connectivity index (χ4v) is 3.71. The van der Waals surface area contributed by atoms with E-state index in [0.29, 0.717) is 5.94 Å². The molecule has 5 nitrogen and oxygen atoms in total. The number of halogens is 4. The molecule has 1 amide bonds. The normalized spacial score (nSPS) is 24.9. The summed E-state index contributed by atoms with van der Waals surface area (Å²) in [7, 11) is -2.09. The Balaban J connectivity index is 2.68. The van der Waals surface area contributed by atoms with Gasteiger partial charge in [0.15, 0.2) is 8.32 Å². The van der Waals surface area contributed by atoms with E-state index >= 15 is 0 Å². The van der Waals surface area contributed by atoms with Crippen LogP contribution in [0.25, 0.3) is 0 Å². The molecule has 1 aliphatic heterocycles. The molecule has 2 unspecified atom stereocenters. The molecule has 172 valence electrons. The Morgan fingerprint density at radius 1 is 1.30 bits per heavy atom. The van der Waals surface area contributed by atoms with E-state index in [9.17, 15) is 22.4 Å². The van der Waals surface area contributed by atoms with Gasteiger partial charge in [-0.25, -0.2) is 4.39 Å². The summed E-state index contributed by atoms with van der Waals surface area (Å²) in [6, 6.07) is -0.879. The molecule has 12 heteroatoms. The number of rotatable bonds is 8. The molecule has 1 aliphatic rings. The number of hydrogen-bond acceptors (Lipinski definition) is 5. The smallest absolute Gasteiger partial charge is 0.414 e. The van der Waals surface area contributed by atoms with Crippen LogP contribution in [0.15, 0.2) is 0 Å². The number of ether oxygens (including phenoxy) is 2. The van der Waals surface area contributed by atoms with E-state index in [4.69, 9.17) is 13.9 Å². The van der Waals surface area contributed by atoms with Crippen LogP contribution in [0.2, 0.25) is 18.1 Å². The molecule has 1 fully saturated rings.